The van der Waals surface area contributed by atoms with E-state index in [4.69, 9.17) is 22.1 Å². The summed E-state index contributed by atoms with van der Waals surface area (Å²) < 4.78 is 7.78. The molecule has 2 aromatic heterocycles. The zero-order valence-corrected chi connectivity index (χ0v) is 17.9. The van der Waals surface area contributed by atoms with Crippen molar-refractivity contribution in [2.45, 2.75) is 37.8 Å². The maximum Gasteiger partial charge on any atom is 0.268 e. The highest BCUT2D eigenvalue weighted by molar-refractivity contribution is 6.31. The number of carbonyl (C=O) groups is 2. The molecule has 0 saturated heterocycles. The molecule has 1 spiro atoms. The Morgan fingerprint density at radius 1 is 1.23 bits per heavy atom. The Hall–Kier alpha value is -3.06. The van der Waals surface area contributed by atoms with Crippen LogP contribution in [0.3, 0.4) is 0 Å². The van der Waals surface area contributed by atoms with Crippen molar-refractivity contribution in [3.05, 3.63) is 58.9 Å². The van der Waals surface area contributed by atoms with Gasteiger partial charge in [0.1, 0.15) is 17.4 Å². The Labute approximate surface area is 184 Å². The minimum absolute atomic E-state index is 0.0209. The number of amides is 2. The van der Waals surface area contributed by atoms with Gasteiger partial charge in [-0.2, -0.15) is 0 Å². The molecule has 2 amide bonds. The molecule has 2 heterocycles. The lowest BCUT2D eigenvalue weighted by Crippen LogP contribution is -2.58. The van der Waals surface area contributed by atoms with Gasteiger partial charge in [-0.05, 0) is 61.4 Å². The summed E-state index contributed by atoms with van der Waals surface area (Å²) in [7, 11) is 1.88. The topological polar surface area (TPSA) is 99.2 Å². The van der Waals surface area contributed by atoms with Crippen molar-refractivity contribution in [3.8, 4) is 5.88 Å². The van der Waals surface area contributed by atoms with Gasteiger partial charge in [0, 0.05) is 35.2 Å². The second-order valence-electron chi connectivity index (χ2n) is 8.74. The van der Waals surface area contributed by atoms with Crippen LogP contribution in [0.1, 0.15) is 46.5 Å². The van der Waals surface area contributed by atoms with Crippen molar-refractivity contribution < 1.29 is 14.3 Å². The first-order chi connectivity index (χ1) is 14.8. The molecule has 3 aromatic rings. The van der Waals surface area contributed by atoms with Crippen molar-refractivity contribution in [2.75, 3.05) is 0 Å². The van der Waals surface area contributed by atoms with E-state index in [-0.39, 0.29) is 23.5 Å². The molecular formula is C23H23ClN4O3. The number of aromatic nitrogens is 2. The lowest BCUT2D eigenvalue weighted by molar-refractivity contribution is -0.0848. The molecule has 0 radical (unpaired) electrons. The zero-order chi connectivity index (χ0) is 21.8. The van der Waals surface area contributed by atoms with E-state index in [1.54, 1.807) is 18.3 Å². The van der Waals surface area contributed by atoms with Crippen LogP contribution in [0.25, 0.3) is 10.9 Å². The van der Waals surface area contributed by atoms with Gasteiger partial charge in [0.25, 0.3) is 11.8 Å². The van der Waals surface area contributed by atoms with Crippen molar-refractivity contribution >= 4 is 34.3 Å². The lowest BCUT2D eigenvalue weighted by Gasteiger charge is -2.57. The number of rotatable bonds is 5. The first kappa shape index (κ1) is 19.9. The summed E-state index contributed by atoms with van der Waals surface area (Å²) in [6, 6.07) is 11.0. The number of ether oxygens (including phenoxy) is 1. The van der Waals surface area contributed by atoms with E-state index in [1.165, 1.54) is 0 Å². The van der Waals surface area contributed by atoms with Gasteiger partial charge in [-0.25, -0.2) is 4.98 Å². The fourth-order valence-corrected chi connectivity index (χ4v) is 5.19. The minimum atomic E-state index is -0.542. The number of fused-ring (bicyclic) bond motifs is 1. The first-order valence-corrected chi connectivity index (χ1v) is 10.7. The third-order valence-corrected chi connectivity index (χ3v) is 6.81. The number of benzene rings is 1. The number of aryl methyl sites for hydroxylation is 1. The average Bonchev–Trinajstić information content (AvgIpc) is 3.01. The highest BCUT2D eigenvalue weighted by Crippen LogP contribution is 2.56. The number of nitrogens with two attached hydrogens (primary N) is 1. The summed E-state index contributed by atoms with van der Waals surface area (Å²) >= 11 is 6.09. The number of nitrogens with zero attached hydrogens (tertiary/aromatic N) is 2. The van der Waals surface area contributed by atoms with Crippen LogP contribution in [0.2, 0.25) is 5.02 Å². The molecule has 3 N–H and O–H groups in total. The van der Waals surface area contributed by atoms with E-state index in [2.05, 4.69) is 10.3 Å². The molecule has 160 valence electrons. The predicted molar refractivity (Wildman–Crippen MR) is 117 cm³/mol. The van der Waals surface area contributed by atoms with Crippen LogP contribution in [0.5, 0.6) is 5.88 Å². The van der Waals surface area contributed by atoms with Gasteiger partial charge in [-0.1, -0.05) is 17.7 Å². The van der Waals surface area contributed by atoms with Crippen LogP contribution in [0.4, 0.5) is 0 Å². The number of hydrogen-bond acceptors (Lipinski definition) is 4. The van der Waals surface area contributed by atoms with Gasteiger partial charge in [-0.15, -0.1) is 0 Å². The van der Waals surface area contributed by atoms with Crippen LogP contribution in [0, 0.1) is 5.41 Å². The molecule has 2 saturated carbocycles. The van der Waals surface area contributed by atoms with Gasteiger partial charge < -0.3 is 20.4 Å². The molecule has 0 atom stereocenters. The normalized spacial score (nSPS) is 24.5. The molecule has 31 heavy (non-hydrogen) atoms. The zero-order valence-electron chi connectivity index (χ0n) is 17.1. The van der Waals surface area contributed by atoms with Crippen molar-refractivity contribution in [3.63, 3.8) is 0 Å². The van der Waals surface area contributed by atoms with Crippen molar-refractivity contribution in [2.24, 2.45) is 18.2 Å². The summed E-state index contributed by atoms with van der Waals surface area (Å²) in [6.45, 7) is 0. The number of nitrogens with one attached hydrogen (secondary N) is 1. The summed E-state index contributed by atoms with van der Waals surface area (Å²) in [4.78, 5) is 28.5. The van der Waals surface area contributed by atoms with E-state index < -0.39 is 5.91 Å². The average molecular weight is 439 g/mol. The highest BCUT2D eigenvalue weighted by Gasteiger charge is 2.54. The van der Waals surface area contributed by atoms with E-state index in [0.717, 1.165) is 36.6 Å². The maximum atomic E-state index is 12.8. The largest absolute Gasteiger partial charge is 0.474 e. The number of halogens is 1. The molecule has 2 aliphatic carbocycles. The van der Waals surface area contributed by atoms with Crippen LogP contribution in [0.15, 0.2) is 42.6 Å². The van der Waals surface area contributed by atoms with Gasteiger partial charge >= 0.3 is 0 Å². The third kappa shape index (κ3) is 3.53. The molecular weight excluding hydrogens is 416 g/mol. The van der Waals surface area contributed by atoms with Gasteiger partial charge in [0.15, 0.2) is 0 Å². The Morgan fingerprint density at radius 3 is 2.74 bits per heavy atom. The number of carbonyl (C=O) groups excluding carboxylic acids is 2. The number of hydrogen-bond donors (Lipinski definition) is 2. The predicted octanol–water partition coefficient (Wildman–Crippen LogP) is 3.45. The third-order valence-electron chi connectivity index (χ3n) is 6.57. The molecule has 5 rings (SSSR count). The van der Waals surface area contributed by atoms with Crippen molar-refractivity contribution in [1.82, 2.24) is 14.9 Å². The molecule has 7 nitrogen and oxygen atoms in total. The van der Waals surface area contributed by atoms with E-state index in [1.807, 2.05) is 35.9 Å². The molecule has 2 fully saturated rings. The van der Waals surface area contributed by atoms with E-state index in [9.17, 15) is 9.59 Å². The Morgan fingerprint density at radius 2 is 2.00 bits per heavy atom. The Bertz CT molecular complexity index is 1190. The number of primary amides is 1. The quantitative estimate of drug-likeness (QED) is 0.637. The molecule has 2 aliphatic rings. The van der Waals surface area contributed by atoms with Crippen LogP contribution >= 0.6 is 11.6 Å². The van der Waals surface area contributed by atoms with Crippen LogP contribution in [-0.4, -0.2) is 33.5 Å². The second-order valence-corrected chi connectivity index (χ2v) is 9.18. The fourth-order valence-electron chi connectivity index (χ4n) is 5.02. The molecule has 0 aliphatic heterocycles. The summed E-state index contributed by atoms with van der Waals surface area (Å²) in [5.41, 5.74) is 7.46. The maximum absolute atomic E-state index is 12.8. The first-order valence-electron chi connectivity index (χ1n) is 10.3. The highest BCUT2D eigenvalue weighted by atomic mass is 35.5. The van der Waals surface area contributed by atoms with Crippen LogP contribution in [-0.2, 0) is 7.05 Å². The molecule has 0 bridgehead atoms. The fraction of sp³-hybridized carbons (Fsp3) is 0.348. The summed E-state index contributed by atoms with van der Waals surface area (Å²) in [5.74, 6) is -0.310. The number of pyridine rings is 1. The minimum Gasteiger partial charge on any atom is -0.474 e. The van der Waals surface area contributed by atoms with Gasteiger partial charge in [0.2, 0.25) is 5.88 Å². The van der Waals surface area contributed by atoms with Gasteiger partial charge in [-0.3, -0.25) is 9.59 Å². The standard InChI is InChI=1S/C23H23ClN4O3/c1-28-18-8-14(24)5-4-13(18)7-19(28)21(30)27-15-9-23(10-15)11-16(12-23)31-22-17(20(25)29)3-2-6-26-22/h2-8,15-16H,9-12H2,1H3,(H2,25,29)(H,27,30). The van der Waals surface area contributed by atoms with Crippen LogP contribution < -0.4 is 15.8 Å². The smallest absolute Gasteiger partial charge is 0.268 e. The monoisotopic (exact) mass is 438 g/mol. The Kier molecular flexibility index (Phi) is 4.66. The summed E-state index contributed by atoms with van der Waals surface area (Å²) in [5, 5.41) is 4.80. The van der Waals surface area contributed by atoms with Gasteiger partial charge in [0.05, 0.1) is 0 Å². The Balaban J connectivity index is 1.16. The lowest BCUT2D eigenvalue weighted by atomic mass is 9.53. The molecule has 8 heteroatoms. The van der Waals surface area contributed by atoms with E-state index >= 15 is 0 Å². The van der Waals surface area contributed by atoms with E-state index in [0.29, 0.717) is 22.2 Å². The van der Waals surface area contributed by atoms with Crippen molar-refractivity contribution in [1.29, 1.82) is 0 Å². The SMILES string of the molecule is Cn1c(C(=O)NC2CC3(C2)CC(Oc2ncccc2C(N)=O)C3)cc2ccc(Cl)cc21. The molecule has 0 unspecified atom stereocenters. The summed E-state index contributed by atoms with van der Waals surface area (Å²) in [6.07, 6.45) is 5.25. The second kappa shape index (κ2) is 7.27. The molecule has 1 aromatic carbocycles.